The Hall–Kier alpha value is -3.32. The number of hydrogen-bond acceptors (Lipinski definition) is 4. The highest BCUT2D eigenvalue weighted by atomic mass is 35.5. The minimum absolute atomic E-state index is 0.107. The van der Waals surface area contributed by atoms with Crippen LogP contribution >= 0.6 is 11.6 Å². The van der Waals surface area contributed by atoms with Crippen LogP contribution < -0.4 is 10.1 Å². The molecule has 186 valence electrons. The van der Waals surface area contributed by atoms with E-state index in [0.717, 1.165) is 30.0 Å². The molecule has 0 radical (unpaired) electrons. The van der Waals surface area contributed by atoms with Gasteiger partial charge >= 0.3 is 0 Å². The van der Waals surface area contributed by atoms with E-state index in [4.69, 9.17) is 21.4 Å². The highest BCUT2D eigenvalue weighted by Crippen LogP contribution is 2.27. The molecule has 0 fully saturated rings. The number of likely N-dealkylation sites (N-methyl/N-ethyl adjacent to an activating group) is 1. The molecule has 8 heteroatoms. The number of hydrogen-bond donors (Lipinski definition) is 1. The molecule has 0 spiro atoms. The van der Waals surface area contributed by atoms with Gasteiger partial charge in [0.25, 0.3) is 5.91 Å². The minimum Gasteiger partial charge on any atom is -0.494 e. The summed E-state index contributed by atoms with van der Waals surface area (Å²) in [6.07, 6.45) is 2.04. The fraction of sp³-hybridized carbons (Fsp3) is 0.370. The summed E-state index contributed by atoms with van der Waals surface area (Å²) in [5, 5.41) is 8.22. The number of carbonyl (C=O) groups excluding carboxylic acids is 2. The Bertz CT molecular complexity index is 1150. The number of halogens is 1. The van der Waals surface area contributed by atoms with Crippen LogP contribution in [0.3, 0.4) is 0 Å². The van der Waals surface area contributed by atoms with Crippen LogP contribution in [0.4, 0.5) is 5.82 Å². The molecule has 3 aromatic rings. The van der Waals surface area contributed by atoms with E-state index in [1.165, 1.54) is 4.90 Å². The van der Waals surface area contributed by atoms with Gasteiger partial charge in [-0.1, -0.05) is 45.7 Å². The van der Waals surface area contributed by atoms with Crippen molar-refractivity contribution < 1.29 is 14.3 Å². The molecule has 0 saturated heterocycles. The molecule has 0 atom stereocenters. The van der Waals surface area contributed by atoms with Crippen LogP contribution in [0.25, 0.3) is 5.69 Å². The van der Waals surface area contributed by atoms with Gasteiger partial charge in [-0.3, -0.25) is 9.59 Å². The predicted molar refractivity (Wildman–Crippen MR) is 140 cm³/mol. The maximum atomic E-state index is 12.9. The standard InChI is InChI=1S/C27H33ClN4O3/c1-6-7-16-35-22-14-8-19(9-15-22)26(34)31(5)18-25(33)29-24-17-23(27(2,3)4)30-32(24)21-12-10-20(28)11-13-21/h8-15,17H,6-7,16,18H2,1-5H3,(H,29,33). The molecule has 1 aromatic heterocycles. The molecule has 0 saturated carbocycles. The van der Waals surface area contributed by atoms with Crippen LogP contribution in [-0.2, 0) is 10.2 Å². The van der Waals surface area contributed by atoms with E-state index < -0.39 is 0 Å². The number of carbonyl (C=O) groups is 2. The zero-order valence-corrected chi connectivity index (χ0v) is 21.7. The first-order valence-electron chi connectivity index (χ1n) is 11.7. The van der Waals surface area contributed by atoms with Crippen molar-refractivity contribution in [2.75, 3.05) is 25.5 Å². The fourth-order valence-electron chi connectivity index (χ4n) is 3.33. The molecule has 2 aromatic carbocycles. The zero-order chi connectivity index (χ0) is 25.6. The molecule has 0 bridgehead atoms. The number of nitrogens with zero attached hydrogens (tertiary/aromatic N) is 3. The van der Waals surface area contributed by atoms with E-state index in [-0.39, 0.29) is 23.8 Å². The van der Waals surface area contributed by atoms with Crippen molar-refractivity contribution in [3.63, 3.8) is 0 Å². The highest BCUT2D eigenvalue weighted by molar-refractivity contribution is 6.30. The first kappa shape index (κ1) is 26.3. The van der Waals surface area contributed by atoms with Gasteiger partial charge < -0.3 is 15.0 Å². The van der Waals surface area contributed by atoms with E-state index in [0.29, 0.717) is 23.0 Å². The third kappa shape index (κ3) is 7.09. The first-order valence-corrected chi connectivity index (χ1v) is 12.1. The first-order chi connectivity index (χ1) is 16.6. The minimum atomic E-state index is -0.323. The lowest BCUT2D eigenvalue weighted by Crippen LogP contribution is -2.35. The Balaban J connectivity index is 1.70. The Morgan fingerprint density at radius 2 is 1.74 bits per heavy atom. The second-order valence-electron chi connectivity index (χ2n) is 9.49. The number of anilines is 1. The smallest absolute Gasteiger partial charge is 0.254 e. The summed E-state index contributed by atoms with van der Waals surface area (Å²) in [5.74, 6) is 0.676. The number of benzene rings is 2. The van der Waals surface area contributed by atoms with Crippen molar-refractivity contribution in [3.8, 4) is 11.4 Å². The van der Waals surface area contributed by atoms with Crippen LogP contribution in [0.15, 0.2) is 54.6 Å². The predicted octanol–water partition coefficient (Wildman–Crippen LogP) is 5.71. The van der Waals surface area contributed by atoms with Gasteiger partial charge in [0.1, 0.15) is 11.6 Å². The molecule has 1 N–H and O–H groups in total. The molecule has 1 heterocycles. The summed E-state index contributed by atoms with van der Waals surface area (Å²) < 4.78 is 7.32. The van der Waals surface area contributed by atoms with Gasteiger partial charge in [0.2, 0.25) is 5.91 Å². The molecule has 7 nitrogen and oxygen atoms in total. The van der Waals surface area contributed by atoms with Crippen LogP contribution in [0.5, 0.6) is 5.75 Å². The van der Waals surface area contributed by atoms with E-state index in [1.54, 1.807) is 48.1 Å². The van der Waals surface area contributed by atoms with Crippen molar-refractivity contribution in [3.05, 3.63) is 70.9 Å². The van der Waals surface area contributed by atoms with Crippen molar-refractivity contribution in [2.24, 2.45) is 0 Å². The monoisotopic (exact) mass is 496 g/mol. The molecule has 3 rings (SSSR count). The van der Waals surface area contributed by atoms with Crippen molar-refractivity contribution in [2.45, 2.75) is 46.0 Å². The fourth-order valence-corrected chi connectivity index (χ4v) is 3.46. The topological polar surface area (TPSA) is 76.5 Å². The van der Waals surface area contributed by atoms with Crippen molar-refractivity contribution in [1.29, 1.82) is 0 Å². The molecule has 0 aliphatic carbocycles. The van der Waals surface area contributed by atoms with Gasteiger partial charge in [-0.05, 0) is 55.0 Å². The van der Waals surface area contributed by atoms with Crippen LogP contribution in [0.2, 0.25) is 5.02 Å². The zero-order valence-electron chi connectivity index (χ0n) is 21.0. The quantitative estimate of drug-likeness (QED) is 0.385. The average molecular weight is 497 g/mol. The number of amides is 2. The Morgan fingerprint density at radius 1 is 1.09 bits per heavy atom. The van der Waals surface area contributed by atoms with Gasteiger partial charge in [0, 0.05) is 29.1 Å². The second-order valence-corrected chi connectivity index (χ2v) is 9.93. The van der Waals surface area contributed by atoms with E-state index >= 15 is 0 Å². The van der Waals surface area contributed by atoms with Crippen molar-refractivity contribution >= 4 is 29.2 Å². The molecule has 0 unspecified atom stereocenters. The number of unbranched alkanes of at least 4 members (excludes halogenated alkanes) is 1. The molecule has 35 heavy (non-hydrogen) atoms. The van der Waals surface area contributed by atoms with Crippen LogP contribution in [-0.4, -0.2) is 46.7 Å². The van der Waals surface area contributed by atoms with Gasteiger partial charge in [-0.25, -0.2) is 4.68 Å². The van der Waals surface area contributed by atoms with Crippen molar-refractivity contribution in [1.82, 2.24) is 14.7 Å². The van der Waals surface area contributed by atoms with E-state index in [9.17, 15) is 9.59 Å². The lowest BCUT2D eigenvalue weighted by Gasteiger charge is -2.17. The van der Waals surface area contributed by atoms with Gasteiger partial charge in [-0.2, -0.15) is 5.10 Å². The van der Waals surface area contributed by atoms with Crippen LogP contribution in [0, 0.1) is 0 Å². The third-order valence-corrected chi connectivity index (χ3v) is 5.66. The Kier molecular flexibility index (Phi) is 8.57. The second kappa shape index (κ2) is 11.4. The maximum Gasteiger partial charge on any atom is 0.254 e. The maximum absolute atomic E-state index is 12.9. The summed E-state index contributed by atoms with van der Waals surface area (Å²) in [6, 6.07) is 16.0. The highest BCUT2D eigenvalue weighted by Gasteiger charge is 2.22. The molecular weight excluding hydrogens is 464 g/mol. The van der Waals surface area contributed by atoms with Gasteiger partial charge in [-0.15, -0.1) is 0 Å². The molecule has 0 aliphatic rings. The Morgan fingerprint density at radius 3 is 2.34 bits per heavy atom. The van der Waals surface area contributed by atoms with E-state index in [1.807, 2.05) is 18.2 Å². The van der Waals surface area contributed by atoms with E-state index in [2.05, 4.69) is 33.0 Å². The summed E-state index contributed by atoms with van der Waals surface area (Å²) in [6.45, 7) is 8.81. The molecular formula is C27H33ClN4O3. The molecule has 2 amide bonds. The summed E-state index contributed by atoms with van der Waals surface area (Å²) in [7, 11) is 1.60. The largest absolute Gasteiger partial charge is 0.494 e. The summed E-state index contributed by atoms with van der Waals surface area (Å²) >= 11 is 6.03. The molecule has 0 aliphatic heterocycles. The number of ether oxygens (including phenoxy) is 1. The average Bonchev–Trinajstić information content (AvgIpc) is 3.24. The third-order valence-electron chi connectivity index (χ3n) is 5.41. The number of nitrogens with one attached hydrogen (secondary N) is 1. The normalized spacial score (nSPS) is 11.3. The summed E-state index contributed by atoms with van der Waals surface area (Å²) in [5.41, 5.74) is 1.87. The summed E-state index contributed by atoms with van der Waals surface area (Å²) in [4.78, 5) is 27.1. The SMILES string of the molecule is CCCCOc1ccc(C(=O)N(C)CC(=O)Nc2cc(C(C)(C)C)nn2-c2ccc(Cl)cc2)cc1. The van der Waals surface area contributed by atoms with Crippen LogP contribution in [0.1, 0.15) is 56.6 Å². The lowest BCUT2D eigenvalue weighted by molar-refractivity contribution is -0.116. The van der Waals surface area contributed by atoms with Gasteiger partial charge in [0.15, 0.2) is 0 Å². The Labute approximate surface area is 212 Å². The lowest BCUT2D eigenvalue weighted by atomic mass is 9.92. The number of rotatable bonds is 9. The number of aromatic nitrogens is 2. The van der Waals surface area contributed by atoms with Gasteiger partial charge in [0.05, 0.1) is 24.5 Å².